The van der Waals surface area contributed by atoms with Crippen molar-refractivity contribution in [1.29, 1.82) is 0 Å². The maximum atomic E-state index is 5.63. The van der Waals surface area contributed by atoms with Crippen molar-refractivity contribution in [1.82, 2.24) is 9.97 Å². The fraction of sp³-hybridized carbons (Fsp3) is 0.412. The third-order valence-electron chi connectivity index (χ3n) is 3.18. The Bertz CT molecular complexity index is 557. The molecule has 4 nitrogen and oxygen atoms in total. The van der Waals surface area contributed by atoms with E-state index in [1.54, 1.807) is 0 Å². The van der Waals surface area contributed by atoms with Crippen molar-refractivity contribution in [2.75, 3.05) is 11.9 Å². The standard InChI is InChI=1S/C17H23N3O/c1-4-11-21-17-12-16(19-15(5-2)20-17)18-13(3)14-9-7-6-8-10-14/h6-10,12-13H,4-5,11H2,1-3H3,(H,18,19,20). The zero-order chi connectivity index (χ0) is 15.1. The molecule has 0 bridgehead atoms. The lowest BCUT2D eigenvalue weighted by molar-refractivity contribution is 0.304. The highest BCUT2D eigenvalue weighted by atomic mass is 16.5. The molecular formula is C17H23N3O. The normalized spacial score (nSPS) is 12.0. The van der Waals surface area contributed by atoms with E-state index >= 15 is 0 Å². The molecule has 0 fully saturated rings. The van der Waals surface area contributed by atoms with Crippen molar-refractivity contribution in [2.24, 2.45) is 0 Å². The molecule has 2 rings (SSSR count). The molecule has 0 aliphatic rings. The number of aromatic nitrogens is 2. The van der Waals surface area contributed by atoms with Crippen molar-refractivity contribution < 1.29 is 4.74 Å². The Hall–Kier alpha value is -2.10. The summed E-state index contributed by atoms with van der Waals surface area (Å²) in [6.07, 6.45) is 1.76. The van der Waals surface area contributed by atoms with E-state index in [1.165, 1.54) is 5.56 Å². The maximum absolute atomic E-state index is 5.63. The molecule has 0 saturated heterocycles. The van der Waals surface area contributed by atoms with Crippen LogP contribution in [0.1, 0.15) is 44.6 Å². The molecule has 0 radical (unpaired) electrons. The SMILES string of the molecule is CCCOc1cc(NC(C)c2ccccc2)nc(CC)n1. The van der Waals surface area contributed by atoms with Crippen LogP contribution in [-0.4, -0.2) is 16.6 Å². The highest BCUT2D eigenvalue weighted by Gasteiger charge is 2.09. The molecule has 0 aliphatic heterocycles. The monoisotopic (exact) mass is 285 g/mol. The molecule has 1 atom stereocenters. The van der Waals surface area contributed by atoms with Crippen LogP contribution in [0.25, 0.3) is 0 Å². The van der Waals surface area contributed by atoms with Gasteiger partial charge in [-0.1, -0.05) is 44.2 Å². The fourth-order valence-electron chi connectivity index (χ4n) is 2.03. The van der Waals surface area contributed by atoms with Crippen LogP contribution < -0.4 is 10.1 Å². The molecule has 1 N–H and O–H groups in total. The Morgan fingerprint density at radius 2 is 1.90 bits per heavy atom. The molecule has 0 amide bonds. The van der Waals surface area contributed by atoms with Crippen LogP contribution in [0.4, 0.5) is 5.82 Å². The van der Waals surface area contributed by atoms with Gasteiger partial charge in [0.2, 0.25) is 5.88 Å². The molecule has 1 unspecified atom stereocenters. The van der Waals surface area contributed by atoms with Crippen molar-refractivity contribution in [2.45, 2.75) is 39.7 Å². The Morgan fingerprint density at radius 3 is 2.57 bits per heavy atom. The van der Waals surface area contributed by atoms with Crippen LogP contribution >= 0.6 is 0 Å². The third kappa shape index (κ3) is 4.45. The summed E-state index contributed by atoms with van der Waals surface area (Å²) in [5.41, 5.74) is 1.23. The number of rotatable bonds is 7. The average molecular weight is 285 g/mol. The van der Waals surface area contributed by atoms with Crippen LogP contribution in [0.2, 0.25) is 0 Å². The van der Waals surface area contributed by atoms with Crippen molar-refractivity contribution >= 4 is 5.82 Å². The van der Waals surface area contributed by atoms with Gasteiger partial charge in [0.25, 0.3) is 0 Å². The van der Waals surface area contributed by atoms with E-state index in [9.17, 15) is 0 Å². The molecule has 21 heavy (non-hydrogen) atoms. The smallest absolute Gasteiger partial charge is 0.218 e. The topological polar surface area (TPSA) is 47.0 Å². The van der Waals surface area contributed by atoms with Crippen LogP contribution in [0, 0.1) is 0 Å². The van der Waals surface area contributed by atoms with Gasteiger partial charge in [-0.25, -0.2) is 4.98 Å². The van der Waals surface area contributed by atoms with E-state index in [4.69, 9.17) is 4.74 Å². The summed E-state index contributed by atoms with van der Waals surface area (Å²) < 4.78 is 5.63. The number of hydrogen-bond acceptors (Lipinski definition) is 4. The minimum Gasteiger partial charge on any atom is -0.478 e. The highest BCUT2D eigenvalue weighted by molar-refractivity contribution is 5.41. The van der Waals surface area contributed by atoms with E-state index in [1.807, 2.05) is 31.2 Å². The van der Waals surface area contributed by atoms with Gasteiger partial charge in [-0.2, -0.15) is 4.98 Å². The summed E-state index contributed by atoms with van der Waals surface area (Å²) in [4.78, 5) is 8.92. The Kier molecular flexibility index (Phi) is 5.55. The first-order chi connectivity index (χ1) is 10.2. The minimum absolute atomic E-state index is 0.185. The second kappa shape index (κ2) is 7.62. The number of nitrogens with one attached hydrogen (secondary N) is 1. The molecular weight excluding hydrogens is 262 g/mol. The zero-order valence-electron chi connectivity index (χ0n) is 13.0. The zero-order valence-corrected chi connectivity index (χ0v) is 13.0. The van der Waals surface area contributed by atoms with E-state index in [0.29, 0.717) is 12.5 Å². The van der Waals surface area contributed by atoms with Gasteiger partial charge in [-0.05, 0) is 18.9 Å². The van der Waals surface area contributed by atoms with Gasteiger partial charge in [0, 0.05) is 18.5 Å². The first kappa shape index (κ1) is 15.3. The van der Waals surface area contributed by atoms with Gasteiger partial charge in [-0.15, -0.1) is 0 Å². The summed E-state index contributed by atoms with van der Waals surface area (Å²) in [5.74, 6) is 2.25. The van der Waals surface area contributed by atoms with Crippen molar-refractivity contribution in [3.05, 3.63) is 47.8 Å². The highest BCUT2D eigenvalue weighted by Crippen LogP contribution is 2.20. The lowest BCUT2D eigenvalue weighted by atomic mass is 10.1. The first-order valence-corrected chi connectivity index (χ1v) is 7.55. The number of aryl methyl sites for hydroxylation is 1. The first-order valence-electron chi connectivity index (χ1n) is 7.55. The van der Waals surface area contributed by atoms with Crippen LogP contribution in [0.3, 0.4) is 0 Å². The number of nitrogens with zero attached hydrogens (tertiary/aromatic N) is 2. The van der Waals surface area contributed by atoms with E-state index in [2.05, 4.69) is 41.3 Å². The lowest BCUT2D eigenvalue weighted by Gasteiger charge is -2.16. The predicted molar refractivity (Wildman–Crippen MR) is 85.7 cm³/mol. The molecule has 112 valence electrons. The number of hydrogen-bond donors (Lipinski definition) is 1. The van der Waals surface area contributed by atoms with E-state index in [-0.39, 0.29) is 6.04 Å². The second-order valence-corrected chi connectivity index (χ2v) is 4.99. The maximum Gasteiger partial charge on any atom is 0.218 e. The predicted octanol–water partition coefficient (Wildman–Crippen LogP) is 4.00. The number of benzene rings is 1. The molecule has 0 spiro atoms. The second-order valence-electron chi connectivity index (χ2n) is 4.99. The van der Waals surface area contributed by atoms with E-state index < -0.39 is 0 Å². The van der Waals surface area contributed by atoms with Crippen LogP contribution in [0.5, 0.6) is 5.88 Å². The van der Waals surface area contributed by atoms with Gasteiger partial charge in [0.1, 0.15) is 11.6 Å². The van der Waals surface area contributed by atoms with Crippen molar-refractivity contribution in [3.8, 4) is 5.88 Å². The molecule has 4 heteroatoms. The lowest BCUT2D eigenvalue weighted by Crippen LogP contribution is -2.10. The molecule has 1 aromatic carbocycles. The van der Waals surface area contributed by atoms with Gasteiger partial charge < -0.3 is 10.1 Å². The molecule has 1 heterocycles. The van der Waals surface area contributed by atoms with Gasteiger partial charge >= 0.3 is 0 Å². The number of ether oxygens (including phenoxy) is 1. The molecule has 1 aromatic heterocycles. The van der Waals surface area contributed by atoms with Gasteiger partial charge in [0.15, 0.2) is 0 Å². The third-order valence-corrected chi connectivity index (χ3v) is 3.18. The van der Waals surface area contributed by atoms with Crippen molar-refractivity contribution in [3.63, 3.8) is 0 Å². The summed E-state index contributed by atoms with van der Waals surface area (Å²) in [5, 5.41) is 3.42. The summed E-state index contributed by atoms with van der Waals surface area (Å²) in [7, 11) is 0. The summed E-state index contributed by atoms with van der Waals surface area (Å²) in [6, 6.07) is 12.4. The van der Waals surface area contributed by atoms with Gasteiger partial charge in [-0.3, -0.25) is 0 Å². The van der Waals surface area contributed by atoms with E-state index in [0.717, 1.165) is 24.5 Å². The molecule has 0 aliphatic carbocycles. The van der Waals surface area contributed by atoms with Gasteiger partial charge in [0.05, 0.1) is 6.61 Å². The average Bonchev–Trinajstić information content (AvgIpc) is 2.53. The fourth-order valence-corrected chi connectivity index (χ4v) is 2.03. The number of anilines is 1. The Morgan fingerprint density at radius 1 is 1.14 bits per heavy atom. The molecule has 2 aromatic rings. The van der Waals surface area contributed by atoms with Crippen LogP contribution in [-0.2, 0) is 6.42 Å². The molecule has 0 saturated carbocycles. The summed E-state index contributed by atoms with van der Waals surface area (Å²) in [6.45, 7) is 6.92. The largest absolute Gasteiger partial charge is 0.478 e. The summed E-state index contributed by atoms with van der Waals surface area (Å²) >= 11 is 0. The Balaban J connectivity index is 2.14. The minimum atomic E-state index is 0.185. The quantitative estimate of drug-likeness (QED) is 0.835. The van der Waals surface area contributed by atoms with Crippen LogP contribution in [0.15, 0.2) is 36.4 Å². The Labute approximate surface area is 126 Å².